The zero-order chi connectivity index (χ0) is 16.8. The van der Waals surface area contributed by atoms with Crippen LogP contribution in [0.1, 0.15) is 24.1 Å². The Kier molecular flexibility index (Phi) is 6.46. The molecule has 2 aromatic rings. The monoisotopic (exact) mass is 350 g/mol. The summed E-state index contributed by atoms with van der Waals surface area (Å²) in [6.07, 6.45) is 0. The lowest BCUT2D eigenvalue weighted by Gasteiger charge is -2.20. The van der Waals surface area contributed by atoms with Gasteiger partial charge in [-0.15, -0.1) is 0 Å². The fraction of sp³-hybridized carbons (Fsp3) is 0.278. The average Bonchev–Trinajstić information content (AvgIpc) is 2.52. The van der Waals surface area contributed by atoms with Gasteiger partial charge in [0.05, 0.1) is 22.6 Å². The van der Waals surface area contributed by atoms with Crippen molar-refractivity contribution in [3.8, 4) is 0 Å². The Morgan fingerprint density at radius 2 is 1.83 bits per heavy atom. The van der Waals surface area contributed by atoms with Crippen LogP contribution in [0.5, 0.6) is 0 Å². The van der Waals surface area contributed by atoms with Gasteiger partial charge < -0.3 is 5.32 Å². The lowest BCUT2D eigenvalue weighted by atomic mass is 10.1. The van der Waals surface area contributed by atoms with E-state index in [0.29, 0.717) is 23.1 Å². The highest BCUT2D eigenvalue weighted by atomic mass is 35.5. The number of likely N-dealkylation sites (N-methyl/N-ethyl adjacent to an activating group) is 1. The van der Waals surface area contributed by atoms with Gasteiger partial charge in [0, 0.05) is 6.54 Å². The molecule has 1 amide bonds. The summed E-state index contributed by atoms with van der Waals surface area (Å²) in [4.78, 5) is 14.1. The van der Waals surface area contributed by atoms with E-state index in [0.717, 1.165) is 11.1 Å². The van der Waals surface area contributed by atoms with E-state index in [4.69, 9.17) is 23.2 Å². The van der Waals surface area contributed by atoms with E-state index < -0.39 is 0 Å². The lowest BCUT2D eigenvalue weighted by Crippen LogP contribution is -2.36. The lowest BCUT2D eigenvalue weighted by molar-refractivity contribution is -0.122. The van der Waals surface area contributed by atoms with Crippen LogP contribution in [0, 0.1) is 0 Å². The zero-order valence-electron chi connectivity index (χ0n) is 13.2. The molecule has 0 spiro atoms. The summed E-state index contributed by atoms with van der Waals surface area (Å²) in [5, 5.41) is 4.07. The van der Waals surface area contributed by atoms with E-state index in [1.165, 1.54) is 0 Å². The van der Waals surface area contributed by atoms with Gasteiger partial charge in [-0.25, -0.2) is 0 Å². The van der Waals surface area contributed by atoms with Gasteiger partial charge >= 0.3 is 0 Å². The van der Waals surface area contributed by atoms with Crippen LogP contribution in [0.25, 0.3) is 0 Å². The molecular formula is C18H20Cl2N2O. The largest absolute Gasteiger partial charge is 0.348 e. The molecule has 0 radical (unpaired) electrons. The predicted octanol–water partition coefficient (Wildman–Crippen LogP) is 4.30. The van der Waals surface area contributed by atoms with Crippen LogP contribution in [0.15, 0.2) is 48.5 Å². The summed E-state index contributed by atoms with van der Waals surface area (Å²) in [5.41, 5.74) is 1.99. The molecule has 0 unspecified atom stereocenters. The van der Waals surface area contributed by atoms with Crippen LogP contribution < -0.4 is 5.32 Å². The fourth-order valence-electron chi connectivity index (χ4n) is 2.37. The standard InChI is InChI=1S/C18H20Cl2N2O/c1-13(14-7-4-3-5-8-14)21-17(23)12-22(2)11-15-9-6-10-16(19)18(15)20/h3-10,13H,11-12H2,1-2H3,(H,21,23)/t13-/m0/s1. The van der Waals surface area contributed by atoms with Crippen molar-refractivity contribution < 1.29 is 4.79 Å². The zero-order valence-corrected chi connectivity index (χ0v) is 14.7. The minimum absolute atomic E-state index is 0.0214. The molecule has 122 valence electrons. The van der Waals surface area contributed by atoms with Gasteiger partial charge in [0.15, 0.2) is 0 Å². The first-order valence-electron chi connectivity index (χ1n) is 7.43. The third kappa shape index (κ3) is 5.24. The van der Waals surface area contributed by atoms with E-state index in [9.17, 15) is 4.79 Å². The Morgan fingerprint density at radius 3 is 2.52 bits per heavy atom. The maximum absolute atomic E-state index is 12.2. The first kappa shape index (κ1) is 17.8. The maximum Gasteiger partial charge on any atom is 0.234 e. The average molecular weight is 351 g/mol. The summed E-state index contributed by atoms with van der Waals surface area (Å²) in [5.74, 6) is -0.0259. The van der Waals surface area contributed by atoms with E-state index in [2.05, 4.69) is 5.32 Å². The molecule has 0 aliphatic carbocycles. The van der Waals surface area contributed by atoms with Crippen molar-refractivity contribution in [3.05, 3.63) is 69.7 Å². The van der Waals surface area contributed by atoms with Crippen LogP contribution in [0.3, 0.4) is 0 Å². The highest BCUT2D eigenvalue weighted by Gasteiger charge is 2.13. The molecule has 23 heavy (non-hydrogen) atoms. The minimum atomic E-state index is -0.0259. The molecule has 0 bridgehead atoms. The Morgan fingerprint density at radius 1 is 1.13 bits per heavy atom. The Hall–Kier alpha value is -1.55. The van der Waals surface area contributed by atoms with Crippen LogP contribution >= 0.6 is 23.2 Å². The van der Waals surface area contributed by atoms with Crippen LogP contribution in [0.4, 0.5) is 0 Å². The predicted molar refractivity (Wildman–Crippen MR) is 95.8 cm³/mol. The second-order valence-electron chi connectivity index (χ2n) is 5.59. The summed E-state index contributed by atoms with van der Waals surface area (Å²) < 4.78 is 0. The molecule has 2 aromatic carbocycles. The van der Waals surface area contributed by atoms with Crippen molar-refractivity contribution in [1.29, 1.82) is 0 Å². The number of nitrogens with zero attached hydrogens (tertiary/aromatic N) is 1. The smallest absolute Gasteiger partial charge is 0.234 e. The van der Waals surface area contributed by atoms with Crippen molar-refractivity contribution in [2.75, 3.05) is 13.6 Å². The molecule has 2 rings (SSSR count). The second kappa shape index (κ2) is 8.34. The molecule has 0 heterocycles. The molecule has 0 aliphatic rings. The van der Waals surface area contributed by atoms with Gasteiger partial charge in [0.2, 0.25) is 5.91 Å². The number of benzene rings is 2. The normalized spacial score (nSPS) is 12.2. The van der Waals surface area contributed by atoms with Crippen LogP contribution in [0.2, 0.25) is 10.0 Å². The molecule has 0 aliphatic heterocycles. The molecule has 1 N–H and O–H groups in total. The Bertz CT molecular complexity index is 661. The number of amides is 1. The molecule has 0 saturated carbocycles. The number of rotatable bonds is 6. The first-order chi connectivity index (χ1) is 11.0. The summed E-state index contributed by atoms with van der Waals surface area (Å²) in [6.45, 7) is 2.83. The maximum atomic E-state index is 12.2. The molecule has 0 fully saturated rings. The van der Waals surface area contributed by atoms with Crippen LogP contribution in [-0.4, -0.2) is 24.4 Å². The highest BCUT2D eigenvalue weighted by molar-refractivity contribution is 6.42. The van der Waals surface area contributed by atoms with Gasteiger partial charge in [0.1, 0.15) is 0 Å². The summed E-state index contributed by atoms with van der Waals surface area (Å²) in [7, 11) is 1.88. The summed E-state index contributed by atoms with van der Waals surface area (Å²) >= 11 is 12.2. The van der Waals surface area contributed by atoms with E-state index >= 15 is 0 Å². The Labute approximate surface area is 147 Å². The van der Waals surface area contributed by atoms with Gasteiger partial charge in [-0.05, 0) is 31.2 Å². The third-order valence-corrected chi connectivity index (χ3v) is 4.42. The van der Waals surface area contributed by atoms with Gasteiger partial charge in [-0.3, -0.25) is 9.69 Å². The molecular weight excluding hydrogens is 331 g/mol. The minimum Gasteiger partial charge on any atom is -0.348 e. The van der Waals surface area contributed by atoms with Crippen molar-refractivity contribution >= 4 is 29.1 Å². The van der Waals surface area contributed by atoms with E-state index in [-0.39, 0.29) is 11.9 Å². The topological polar surface area (TPSA) is 32.3 Å². The molecule has 5 heteroatoms. The fourth-order valence-corrected chi connectivity index (χ4v) is 2.75. The van der Waals surface area contributed by atoms with Gasteiger partial charge in [-0.1, -0.05) is 65.7 Å². The van der Waals surface area contributed by atoms with Crippen molar-refractivity contribution in [3.63, 3.8) is 0 Å². The number of hydrogen-bond donors (Lipinski definition) is 1. The van der Waals surface area contributed by atoms with Gasteiger partial charge in [0.25, 0.3) is 0 Å². The summed E-state index contributed by atoms with van der Waals surface area (Å²) in [6, 6.07) is 15.4. The number of carbonyl (C=O) groups is 1. The molecule has 1 atom stereocenters. The SMILES string of the molecule is C[C@H](NC(=O)CN(C)Cc1cccc(Cl)c1Cl)c1ccccc1. The Balaban J connectivity index is 1.88. The quantitative estimate of drug-likeness (QED) is 0.842. The van der Waals surface area contributed by atoms with Crippen LogP contribution in [-0.2, 0) is 11.3 Å². The van der Waals surface area contributed by atoms with Crippen molar-refractivity contribution in [1.82, 2.24) is 10.2 Å². The molecule has 3 nitrogen and oxygen atoms in total. The second-order valence-corrected chi connectivity index (χ2v) is 6.37. The number of hydrogen-bond acceptors (Lipinski definition) is 2. The van der Waals surface area contributed by atoms with Crippen molar-refractivity contribution in [2.24, 2.45) is 0 Å². The molecule has 0 aromatic heterocycles. The number of halogens is 2. The first-order valence-corrected chi connectivity index (χ1v) is 8.18. The molecule has 0 saturated heterocycles. The number of carbonyl (C=O) groups excluding carboxylic acids is 1. The van der Waals surface area contributed by atoms with E-state index in [1.54, 1.807) is 6.07 Å². The van der Waals surface area contributed by atoms with Gasteiger partial charge in [-0.2, -0.15) is 0 Å². The van der Waals surface area contributed by atoms with E-state index in [1.807, 2.05) is 61.3 Å². The number of nitrogens with one attached hydrogen (secondary N) is 1. The third-order valence-electron chi connectivity index (χ3n) is 3.56. The van der Waals surface area contributed by atoms with Crippen molar-refractivity contribution in [2.45, 2.75) is 19.5 Å². The highest BCUT2D eigenvalue weighted by Crippen LogP contribution is 2.26.